The van der Waals surface area contributed by atoms with Gasteiger partial charge in [0.1, 0.15) is 0 Å². The van der Waals surface area contributed by atoms with Crippen molar-refractivity contribution in [1.82, 2.24) is 14.9 Å². The van der Waals surface area contributed by atoms with Gasteiger partial charge in [-0.25, -0.2) is 4.98 Å². The quantitative estimate of drug-likeness (QED) is 0.875. The van der Waals surface area contributed by atoms with Gasteiger partial charge < -0.3 is 15.6 Å². The molecule has 3 N–H and O–H groups in total. The average Bonchev–Trinajstić information content (AvgIpc) is 2.91. The first kappa shape index (κ1) is 19.3. The van der Waals surface area contributed by atoms with Crippen molar-refractivity contribution in [3.8, 4) is 0 Å². The van der Waals surface area contributed by atoms with Gasteiger partial charge in [0, 0.05) is 37.4 Å². The van der Waals surface area contributed by atoms with Gasteiger partial charge in [-0.3, -0.25) is 4.79 Å². The van der Waals surface area contributed by atoms with Crippen LogP contribution in [0.4, 0.5) is 0 Å². The van der Waals surface area contributed by atoms with Gasteiger partial charge >= 0.3 is 0 Å². The number of nitrogens with two attached hydrogens (primary N) is 1. The maximum atomic E-state index is 12.1. The molecule has 7 heteroatoms. The monoisotopic (exact) mass is 348 g/mol. The molecule has 2 saturated carbocycles. The molecule has 2 fully saturated rings. The van der Waals surface area contributed by atoms with Crippen LogP contribution in [0.3, 0.4) is 0 Å². The second-order valence-electron chi connectivity index (χ2n) is 6.33. The van der Waals surface area contributed by atoms with Gasteiger partial charge in [0.05, 0.1) is 6.33 Å². The van der Waals surface area contributed by atoms with Crippen LogP contribution in [0.25, 0.3) is 0 Å². The molecule has 126 valence electrons. The fourth-order valence-electron chi connectivity index (χ4n) is 3.93. The van der Waals surface area contributed by atoms with Crippen molar-refractivity contribution >= 4 is 30.7 Å². The molecular formula is C15H26Cl2N4O. The molecule has 1 amide bonds. The second kappa shape index (κ2) is 8.75. The number of fused-ring (bicyclic) bond motifs is 2. The van der Waals surface area contributed by atoms with E-state index in [9.17, 15) is 4.79 Å². The third kappa shape index (κ3) is 4.61. The molecule has 2 unspecified atom stereocenters. The molecule has 0 aromatic carbocycles. The highest BCUT2D eigenvalue weighted by molar-refractivity contribution is 5.85. The Labute approximate surface area is 144 Å². The Hall–Kier alpha value is -0.780. The minimum Gasteiger partial charge on any atom is -0.353 e. The van der Waals surface area contributed by atoms with Crippen molar-refractivity contribution in [3.05, 3.63) is 18.7 Å². The maximum Gasteiger partial charge on any atom is 0.222 e. The van der Waals surface area contributed by atoms with Crippen molar-refractivity contribution in [2.45, 2.75) is 57.2 Å². The summed E-state index contributed by atoms with van der Waals surface area (Å²) in [5, 5.41) is 3.28. The fraction of sp³-hybridized carbons (Fsp3) is 0.733. The molecule has 0 aliphatic heterocycles. The lowest BCUT2D eigenvalue weighted by Crippen LogP contribution is -2.53. The Morgan fingerprint density at radius 3 is 2.55 bits per heavy atom. The minimum atomic E-state index is 0. The van der Waals surface area contributed by atoms with Crippen LogP contribution in [-0.2, 0) is 11.3 Å². The number of aromatic nitrogens is 2. The number of hydrogen-bond acceptors (Lipinski definition) is 3. The third-order valence-electron chi connectivity index (χ3n) is 4.86. The molecule has 2 aliphatic rings. The van der Waals surface area contributed by atoms with Gasteiger partial charge in [-0.15, -0.1) is 24.8 Å². The summed E-state index contributed by atoms with van der Waals surface area (Å²) in [6, 6.07) is 0.697. The lowest BCUT2D eigenvalue weighted by molar-refractivity contribution is -0.123. The first-order valence-electron chi connectivity index (χ1n) is 7.73. The molecule has 0 spiro atoms. The zero-order valence-corrected chi connectivity index (χ0v) is 14.3. The normalized spacial score (nSPS) is 29.9. The van der Waals surface area contributed by atoms with Crippen LogP contribution in [0.5, 0.6) is 0 Å². The van der Waals surface area contributed by atoms with Gasteiger partial charge in [-0.05, 0) is 37.5 Å². The second-order valence-corrected chi connectivity index (χ2v) is 6.33. The Balaban J connectivity index is 0.00000121. The molecule has 1 aromatic rings. The molecule has 1 aromatic heterocycles. The Morgan fingerprint density at radius 1 is 1.27 bits per heavy atom. The van der Waals surface area contributed by atoms with E-state index in [4.69, 9.17) is 5.73 Å². The zero-order chi connectivity index (χ0) is 13.9. The largest absolute Gasteiger partial charge is 0.353 e. The van der Waals surface area contributed by atoms with E-state index in [2.05, 4.69) is 10.3 Å². The van der Waals surface area contributed by atoms with Crippen LogP contribution in [0.15, 0.2) is 18.7 Å². The van der Waals surface area contributed by atoms with Crippen molar-refractivity contribution in [2.24, 2.45) is 17.6 Å². The number of rotatable bonds is 4. The van der Waals surface area contributed by atoms with E-state index in [0.29, 0.717) is 36.9 Å². The maximum absolute atomic E-state index is 12.1. The molecule has 22 heavy (non-hydrogen) atoms. The zero-order valence-electron chi connectivity index (χ0n) is 12.7. The minimum absolute atomic E-state index is 0. The van der Waals surface area contributed by atoms with E-state index in [1.807, 2.05) is 10.8 Å². The predicted molar refractivity (Wildman–Crippen MR) is 91.3 cm³/mol. The molecule has 5 nitrogen and oxygen atoms in total. The summed E-state index contributed by atoms with van der Waals surface area (Å²) in [5.41, 5.74) is 6.12. The highest BCUT2D eigenvalue weighted by Crippen LogP contribution is 2.39. The summed E-state index contributed by atoms with van der Waals surface area (Å²) >= 11 is 0. The first-order chi connectivity index (χ1) is 9.72. The number of carbonyl (C=O) groups is 1. The van der Waals surface area contributed by atoms with E-state index in [0.717, 1.165) is 12.8 Å². The van der Waals surface area contributed by atoms with Crippen LogP contribution in [0, 0.1) is 11.8 Å². The summed E-state index contributed by atoms with van der Waals surface area (Å²) in [5.74, 6) is 1.35. The van der Waals surface area contributed by atoms with Crippen molar-refractivity contribution < 1.29 is 4.79 Å². The Bertz CT molecular complexity index is 440. The summed E-state index contributed by atoms with van der Waals surface area (Å²) in [7, 11) is 0. The Morgan fingerprint density at radius 2 is 1.95 bits per heavy atom. The summed E-state index contributed by atoms with van der Waals surface area (Å²) in [6.45, 7) is 0.702. The SMILES string of the molecule is Cl.Cl.NC1CC2CCCC(C1)C2NC(=O)CCn1ccnc1. The molecule has 0 saturated heterocycles. The van der Waals surface area contributed by atoms with Crippen molar-refractivity contribution in [2.75, 3.05) is 0 Å². The topological polar surface area (TPSA) is 72.9 Å². The number of nitrogens with zero attached hydrogens (tertiary/aromatic N) is 2. The van der Waals surface area contributed by atoms with Gasteiger partial charge in [0.2, 0.25) is 5.91 Å². The average molecular weight is 349 g/mol. The van der Waals surface area contributed by atoms with Gasteiger partial charge in [-0.2, -0.15) is 0 Å². The van der Waals surface area contributed by atoms with E-state index in [1.54, 1.807) is 12.5 Å². The van der Waals surface area contributed by atoms with Gasteiger partial charge in [0.25, 0.3) is 0 Å². The molecular weight excluding hydrogens is 323 g/mol. The van der Waals surface area contributed by atoms with Gasteiger partial charge in [-0.1, -0.05) is 6.42 Å². The number of carbonyl (C=O) groups excluding carboxylic acids is 1. The number of amides is 1. The van der Waals surface area contributed by atoms with Gasteiger partial charge in [0.15, 0.2) is 0 Å². The summed E-state index contributed by atoms with van der Waals surface area (Å²) < 4.78 is 1.94. The van der Waals surface area contributed by atoms with Crippen molar-refractivity contribution in [1.29, 1.82) is 0 Å². The van der Waals surface area contributed by atoms with E-state index in [1.165, 1.54) is 19.3 Å². The molecule has 3 rings (SSSR count). The highest BCUT2D eigenvalue weighted by Gasteiger charge is 2.39. The highest BCUT2D eigenvalue weighted by atomic mass is 35.5. The van der Waals surface area contributed by atoms with E-state index >= 15 is 0 Å². The first-order valence-corrected chi connectivity index (χ1v) is 7.73. The summed E-state index contributed by atoms with van der Waals surface area (Å²) in [6.07, 6.45) is 11.8. The molecule has 0 radical (unpaired) electrons. The number of imidazole rings is 1. The lowest BCUT2D eigenvalue weighted by atomic mass is 9.67. The molecule has 2 aliphatic carbocycles. The standard InChI is InChI=1S/C15H24N4O.2ClH/c16-13-8-11-2-1-3-12(9-13)15(11)18-14(20)4-6-19-7-5-17-10-19;;/h5,7,10-13,15H,1-4,6,8-9,16H2,(H,18,20);2*1H. The number of nitrogens with one attached hydrogen (secondary N) is 1. The molecule has 2 atom stereocenters. The third-order valence-corrected chi connectivity index (χ3v) is 4.86. The smallest absolute Gasteiger partial charge is 0.222 e. The van der Waals surface area contributed by atoms with Crippen LogP contribution in [-0.4, -0.2) is 27.5 Å². The number of hydrogen-bond donors (Lipinski definition) is 2. The molecule has 2 bridgehead atoms. The van der Waals surface area contributed by atoms with Crippen LogP contribution in [0.1, 0.15) is 38.5 Å². The van der Waals surface area contributed by atoms with Crippen LogP contribution in [0.2, 0.25) is 0 Å². The predicted octanol–water partition coefficient (Wildman–Crippen LogP) is 2.14. The fourth-order valence-corrected chi connectivity index (χ4v) is 3.93. The number of aryl methyl sites for hydroxylation is 1. The van der Waals surface area contributed by atoms with E-state index < -0.39 is 0 Å². The van der Waals surface area contributed by atoms with Crippen LogP contribution < -0.4 is 11.1 Å². The van der Waals surface area contributed by atoms with Crippen molar-refractivity contribution in [3.63, 3.8) is 0 Å². The number of halogens is 2. The molecule has 1 heterocycles. The lowest BCUT2D eigenvalue weighted by Gasteiger charge is -2.45. The van der Waals surface area contributed by atoms with Crippen LogP contribution >= 0.6 is 24.8 Å². The van der Waals surface area contributed by atoms with E-state index in [-0.39, 0.29) is 30.7 Å². The summed E-state index contributed by atoms with van der Waals surface area (Å²) in [4.78, 5) is 16.1. The Kier molecular flexibility index (Phi) is 7.66.